The predicted octanol–water partition coefficient (Wildman–Crippen LogP) is 7.72. The van der Waals surface area contributed by atoms with Crippen LogP contribution < -0.4 is 4.43 Å². The Labute approximate surface area is 147 Å². The van der Waals surface area contributed by atoms with Crippen LogP contribution in [0.25, 0.3) is 0 Å². The van der Waals surface area contributed by atoms with E-state index in [1.807, 2.05) is 18.2 Å². The smallest absolute Gasteiger partial charge is 0.251 e. The van der Waals surface area contributed by atoms with Crippen LogP contribution in [0.15, 0.2) is 18.2 Å². The lowest BCUT2D eigenvalue weighted by molar-refractivity contribution is 0.511. The highest BCUT2D eigenvalue weighted by Gasteiger charge is 2.35. The van der Waals surface area contributed by atoms with Gasteiger partial charge in [-0.3, -0.25) is 0 Å². The van der Waals surface area contributed by atoms with Gasteiger partial charge in [0.1, 0.15) is 5.75 Å². The summed E-state index contributed by atoms with van der Waals surface area (Å²) in [5.41, 5.74) is 0. The van der Waals surface area contributed by atoms with Crippen LogP contribution in [0.1, 0.15) is 59.3 Å². The highest BCUT2D eigenvalue weighted by molar-refractivity contribution is 6.74. The molecule has 0 aliphatic rings. The van der Waals surface area contributed by atoms with Crippen molar-refractivity contribution in [3.63, 3.8) is 0 Å². The van der Waals surface area contributed by atoms with Gasteiger partial charge in [-0.15, -0.1) is 0 Å². The molecular weight excluding hydrogens is 331 g/mol. The zero-order valence-electron chi connectivity index (χ0n) is 14.3. The van der Waals surface area contributed by atoms with Gasteiger partial charge in [0, 0.05) is 0 Å². The molecule has 1 aromatic rings. The Hall–Kier alpha value is -0.183. The number of unbranched alkanes of at least 4 members (excludes halogenated alkanes) is 3. The summed E-state index contributed by atoms with van der Waals surface area (Å²) in [4.78, 5) is 0. The zero-order chi connectivity index (χ0) is 16.4. The molecule has 0 atom stereocenters. The van der Waals surface area contributed by atoms with Gasteiger partial charge in [-0.2, -0.15) is 0 Å². The minimum atomic E-state index is -1.74. The van der Waals surface area contributed by atoms with Gasteiger partial charge in [-0.25, -0.2) is 0 Å². The van der Waals surface area contributed by atoms with E-state index in [1.165, 1.54) is 56.7 Å². The van der Waals surface area contributed by atoms with Crippen LogP contribution in [-0.2, 0) is 0 Å². The monoisotopic (exact) mass is 360 g/mol. The van der Waals surface area contributed by atoms with Gasteiger partial charge in [0.2, 0.25) is 0 Å². The lowest BCUT2D eigenvalue weighted by atomic mass is 10.3. The number of hydrogen-bond acceptors (Lipinski definition) is 1. The third kappa shape index (κ3) is 6.52. The third-order valence-corrected chi connectivity index (χ3v) is 9.39. The van der Waals surface area contributed by atoms with Crippen molar-refractivity contribution in [3.8, 4) is 5.75 Å². The second-order valence-corrected chi connectivity index (χ2v) is 11.1. The fourth-order valence-electron chi connectivity index (χ4n) is 2.82. The average molecular weight is 361 g/mol. The molecule has 22 heavy (non-hydrogen) atoms. The van der Waals surface area contributed by atoms with Crippen LogP contribution in [0.3, 0.4) is 0 Å². The van der Waals surface area contributed by atoms with Crippen molar-refractivity contribution in [1.82, 2.24) is 0 Å². The first-order valence-corrected chi connectivity index (χ1v) is 12.0. The standard InChI is InChI=1S/C18H30Cl2OSi/c1-4-7-12-22(13-8-5-2,14-9-6-3)21-16-10-11-17(19)18(20)15-16/h10-11,15H,4-9,12-14H2,1-3H3. The van der Waals surface area contributed by atoms with Gasteiger partial charge in [0.05, 0.1) is 10.0 Å². The molecule has 0 unspecified atom stereocenters. The van der Waals surface area contributed by atoms with Crippen molar-refractivity contribution < 1.29 is 4.43 Å². The van der Waals surface area contributed by atoms with Crippen molar-refractivity contribution in [1.29, 1.82) is 0 Å². The Balaban J connectivity index is 2.94. The van der Waals surface area contributed by atoms with E-state index in [1.54, 1.807) is 0 Å². The molecule has 0 saturated heterocycles. The van der Waals surface area contributed by atoms with E-state index < -0.39 is 8.32 Å². The molecule has 0 spiro atoms. The molecule has 0 radical (unpaired) electrons. The van der Waals surface area contributed by atoms with Crippen LogP contribution in [-0.4, -0.2) is 8.32 Å². The molecule has 0 aliphatic heterocycles. The van der Waals surface area contributed by atoms with E-state index >= 15 is 0 Å². The van der Waals surface area contributed by atoms with E-state index in [4.69, 9.17) is 27.6 Å². The van der Waals surface area contributed by atoms with Gasteiger partial charge >= 0.3 is 0 Å². The Morgan fingerprint density at radius 2 is 1.32 bits per heavy atom. The minimum Gasteiger partial charge on any atom is -0.543 e. The molecule has 0 fully saturated rings. The Bertz CT molecular complexity index is 415. The molecule has 1 aromatic carbocycles. The van der Waals surface area contributed by atoms with Crippen LogP contribution in [0.4, 0.5) is 0 Å². The van der Waals surface area contributed by atoms with E-state index in [-0.39, 0.29) is 0 Å². The largest absolute Gasteiger partial charge is 0.543 e. The number of benzene rings is 1. The first-order chi connectivity index (χ1) is 10.6. The van der Waals surface area contributed by atoms with E-state index in [0.29, 0.717) is 10.0 Å². The van der Waals surface area contributed by atoms with E-state index in [2.05, 4.69) is 20.8 Å². The average Bonchev–Trinajstić information content (AvgIpc) is 2.52. The summed E-state index contributed by atoms with van der Waals surface area (Å²) < 4.78 is 6.64. The van der Waals surface area contributed by atoms with Crippen LogP contribution in [0.5, 0.6) is 5.75 Å². The first kappa shape index (κ1) is 19.9. The molecule has 0 aromatic heterocycles. The molecule has 0 saturated carbocycles. The highest BCUT2D eigenvalue weighted by Crippen LogP contribution is 2.34. The Kier molecular flexibility index (Phi) is 9.54. The SMILES string of the molecule is CCCC[Si](CCCC)(CCCC)Oc1ccc(Cl)c(Cl)c1. The van der Waals surface area contributed by atoms with Gasteiger partial charge < -0.3 is 4.43 Å². The summed E-state index contributed by atoms with van der Waals surface area (Å²) in [7, 11) is -1.74. The number of halogens is 2. The van der Waals surface area contributed by atoms with Crippen molar-refractivity contribution in [2.45, 2.75) is 77.4 Å². The molecule has 0 aliphatic carbocycles. The predicted molar refractivity (Wildman–Crippen MR) is 102 cm³/mol. The van der Waals surface area contributed by atoms with Crippen molar-refractivity contribution in [2.24, 2.45) is 0 Å². The minimum absolute atomic E-state index is 0.587. The lowest BCUT2D eigenvalue weighted by Gasteiger charge is -2.32. The molecule has 0 N–H and O–H groups in total. The molecule has 4 heteroatoms. The molecule has 0 amide bonds. The fourth-order valence-corrected chi connectivity index (χ4v) is 7.78. The second-order valence-electron chi connectivity index (χ2n) is 6.17. The zero-order valence-corrected chi connectivity index (χ0v) is 16.8. The van der Waals surface area contributed by atoms with Crippen LogP contribution >= 0.6 is 23.2 Å². The van der Waals surface area contributed by atoms with Gasteiger partial charge in [0.25, 0.3) is 8.32 Å². The molecule has 126 valence electrons. The third-order valence-electron chi connectivity index (χ3n) is 4.18. The quantitative estimate of drug-likeness (QED) is 0.367. The van der Waals surface area contributed by atoms with E-state index in [9.17, 15) is 0 Å². The lowest BCUT2D eigenvalue weighted by Crippen LogP contribution is -2.41. The second kappa shape index (κ2) is 10.6. The molecule has 1 nitrogen and oxygen atoms in total. The maximum absolute atomic E-state index is 6.64. The fraction of sp³-hybridized carbons (Fsp3) is 0.667. The summed E-state index contributed by atoms with van der Waals surface area (Å²) in [6.45, 7) is 6.79. The van der Waals surface area contributed by atoms with E-state index in [0.717, 1.165) is 5.75 Å². The van der Waals surface area contributed by atoms with Crippen molar-refractivity contribution >= 4 is 31.5 Å². The van der Waals surface area contributed by atoms with Crippen LogP contribution in [0, 0.1) is 0 Å². The Morgan fingerprint density at radius 1 is 0.818 bits per heavy atom. The van der Waals surface area contributed by atoms with Gasteiger partial charge in [-0.05, 0) is 36.3 Å². The summed E-state index contributed by atoms with van der Waals surface area (Å²) in [6.07, 6.45) is 7.50. The molecule has 0 bridgehead atoms. The maximum Gasteiger partial charge on any atom is 0.251 e. The molecule has 1 rings (SSSR count). The van der Waals surface area contributed by atoms with Gasteiger partial charge in [0.15, 0.2) is 0 Å². The topological polar surface area (TPSA) is 9.23 Å². The van der Waals surface area contributed by atoms with Crippen molar-refractivity contribution in [3.05, 3.63) is 28.2 Å². The Morgan fingerprint density at radius 3 is 1.73 bits per heavy atom. The van der Waals surface area contributed by atoms with Crippen molar-refractivity contribution in [2.75, 3.05) is 0 Å². The maximum atomic E-state index is 6.64. The molecular formula is C18H30Cl2OSi. The first-order valence-electron chi connectivity index (χ1n) is 8.71. The van der Waals surface area contributed by atoms with Crippen LogP contribution in [0.2, 0.25) is 28.2 Å². The highest BCUT2D eigenvalue weighted by atomic mass is 35.5. The summed E-state index contributed by atoms with van der Waals surface area (Å²) in [5.74, 6) is 0.907. The number of hydrogen-bond donors (Lipinski definition) is 0. The number of rotatable bonds is 11. The summed E-state index contributed by atoms with van der Waals surface area (Å²) >= 11 is 12.2. The summed E-state index contributed by atoms with van der Waals surface area (Å²) in [5, 5.41) is 1.18. The summed E-state index contributed by atoms with van der Waals surface area (Å²) in [6, 6.07) is 9.46. The molecule has 0 heterocycles. The van der Waals surface area contributed by atoms with Gasteiger partial charge in [-0.1, -0.05) is 82.5 Å². The normalized spacial score (nSPS) is 11.7.